The molecule has 1 heterocycles. The first-order chi connectivity index (χ1) is 10.7. The smallest absolute Gasteiger partial charge is 0.224 e. The molecule has 1 amide bonds. The monoisotopic (exact) mass is 322 g/mol. The van der Waals surface area contributed by atoms with Crippen LogP contribution in [-0.2, 0) is 9.53 Å². The molecule has 0 bridgehead atoms. The van der Waals surface area contributed by atoms with Gasteiger partial charge in [0, 0.05) is 26.2 Å². The Kier molecular flexibility index (Phi) is 5.90. The third kappa shape index (κ3) is 4.80. The van der Waals surface area contributed by atoms with Gasteiger partial charge in [-0.1, -0.05) is 39.3 Å². The highest BCUT2D eigenvalue weighted by atomic mass is 16.5. The summed E-state index contributed by atoms with van der Waals surface area (Å²) < 4.78 is 5.82. The van der Waals surface area contributed by atoms with Crippen molar-refractivity contribution in [3.63, 3.8) is 0 Å². The second kappa shape index (κ2) is 7.35. The summed E-state index contributed by atoms with van der Waals surface area (Å²) in [6.45, 7) is 17.5. The van der Waals surface area contributed by atoms with Crippen LogP contribution >= 0.6 is 0 Å². The van der Waals surface area contributed by atoms with E-state index in [2.05, 4.69) is 57.8 Å². The Balaban J connectivity index is 1.80. The van der Waals surface area contributed by atoms with Crippen LogP contribution in [0.3, 0.4) is 0 Å². The number of ether oxygens (including phenoxy) is 1. The van der Waals surface area contributed by atoms with Gasteiger partial charge in [-0.2, -0.15) is 0 Å². The van der Waals surface area contributed by atoms with Gasteiger partial charge in [0.15, 0.2) is 0 Å². The van der Waals surface area contributed by atoms with Crippen molar-refractivity contribution in [1.82, 2.24) is 10.2 Å². The molecular weight excluding hydrogens is 288 g/mol. The summed E-state index contributed by atoms with van der Waals surface area (Å²) in [5.41, 5.74) is 1.37. The highest BCUT2D eigenvalue weighted by Gasteiger charge is 2.60. The molecule has 1 N–H and O–H groups in total. The molecule has 0 spiro atoms. The second-order valence-corrected chi connectivity index (χ2v) is 8.46. The molecule has 23 heavy (non-hydrogen) atoms. The lowest BCUT2D eigenvalue weighted by Gasteiger charge is -2.34. The van der Waals surface area contributed by atoms with Crippen LogP contribution in [0.25, 0.3) is 0 Å². The molecule has 1 aliphatic heterocycles. The third-order valence-electron chi connectivity index (χ3n) is 5.06. The maximum absolute atomic E-state index is 12.5. The number of carbonyl (C=O) groups excluding carboxylic acids is 1. The summed E-state index contributed by atoms with van der Waals surface area (Å²) >= 11 is 0. The normalized spacial score (nSPS) is 30.1. The van der Waals surface area contributed by atoms with Crippen LogP contribution in [0.2, 0.25) is 0 Å². The number of hydrogen-bond donors (Lipinski definition) is 1. The van der Waals surface area contributed by atoms with Crippen LogP contribution in [0, 0.1) is 23.2 Å². The van der Waals surface area contributed by atoms with Crippen molar-refractivity contribution in [3.05, 3.63) is 11.6 Å². The van der Waals surface area contributed by atoms with Crippen molar-refractivity contribution in [3.8, 4) is 0 Å². The van der Waals surface area contributed by atoms with Crippen LogP contribution in [0.15, 0.2) is 11.6 Å². The van der Waals surface area contributed by atoms with Crippen LogP contribution in [0.1, 0.15) is 41.5 Å². The van der Waals surface area contributed by atoms with Crippen LogP contribution in [-0.4, -0.2) is 49.7 Å². The fourth-order valence-electron chi connectivity index (χ4n) is 3.76. The van der Waals surface area contributed by atoms with E-state index in [0.29, 0.717) is 18.4 Å². The number of carbonyl (C=O) groups is 1. The number of rotatable bonds is 6. The summed E-state index contributed by atoms with van der Waals surface area (Å²) in [5.74, 6) is 1.33. The van der Waals surface area contributed by atoms with Gasteiger partial charge in [0.1, 0.15) is 0 Å². The second-order valence-electron chi connectivity index (χ2n) is 8.46. The van der Waals surface area contributed by atoms with E-state index in [1.807, 2.05) is 0 Å². The molecule has 0 aromatic rings. The molecule has 132 valence electrons. The number of morpholine rings is 1. The van der Waals surface area contributed by atoms with E-state index in [1.54, 1.807) is 0 Å². The average molecular weight is 322 g/mol. The quantitative estimate of drug-likeness (QED) is 0.765. The fraction of sp³-hybridized carbons (Fsp3) is 0.842. The van der Waals surface area contributed by atoms with Gasteiger partial charge >= 0.3 is 0 Å². The topological polar surface area (TPSA) is 41.6 Å². The summed E-state index contributed by atoms with van der Waals surface area (Å²) in [6, 6.07) is 0. The maximum Gasteiger partial charge on any atom is 0.224 e. The van der Waals surface area contributed by atoms with Gasteiger partial charge < -0.3 is 10.1 Å². The first-order valence-corrected chi connectivity index (χ1v) is 8.98. The van der Waals surface area contributed by atoms with E-state index in [1.165, 1.54) is 5.57 Å². The Morgan fingerprint density at radius 2 is 2.09 bits per heavy atom. The molecule has 3 atom stereocenters. The lowest BCUT2D eigenvalue weighted by molar-refractivity contribution is -0.124. The standard InChI is InChI=1S/C19H34N2O2/c1-13(2)9-16-17(19(16,5)6)18(22)20-10-15-12-21(7-8-23-15)11-14(3)4/h9,14-17H,7-8,10-12H2,1-6H3,(H,20,22)/t15-,16+,17+/m0/s1. The summed E-state index contributed by atoms with van der Waals surface area (Å²) in [6.07, 6.45) is 2.36. The number of nitrogens with one attached hydrogen (secondary N) is 1. The van der Waals surface area contributed by atoms with Crippen LogP contribution in [0.4, 0.5) is 0 Å². The number of allylic oxidation sites excluding steroid dienone is 2. The number of amides is 1. The maximum atomic E-state index is 12.5. The Hall–Kier alpha value is -0.870. The van der Waals surface area contributed by atoms with Gasteiger partial charge in [0.05, 0.1) is 18.6 Å². The minimum atomic E-state index is 0.0818. The zero-order chi connectivity index (χ0) is 17.2. The Morgan fingerprint density at radius 1 is 1.39 bits per heavy atom. The van der Waals surface area contributed by atoms with Crippen molar-refractivity contribution in [2.45, 2.75) is 47.6 Å². The lowest BCUT2D eigenvalue weighted by atomic mass is 10.1. The van der Waals surface area contributed by atoms with Gasteiger partial charge in [-0.3, -0.25) is 9.69 Å². The molecule has 4 nitrogen and oxygen atoms in total. The highest BCUT2D eigenvalue weighted by Crippen LogP contribution is 2.59. The van der Waals surface area contributed by atoms with E-state index in [0.717, 1.165) is 26.2 Å². The molecule has 0 aromatic heterocycles. The predicted octanol–water partition coefficient (Wildman–Crippen LogP) is 2.70. The third-order valence-corrected chi connectivity index (χ3v) is 5.06. The highest BCUT2D eigenvalue weighted by molar-refractivity contribution is 5.83. The Labute approximate surface area is 141 Å². The molecule has 2 aliphatic rings. The number of hydrogen-bond acceptors (Lipinski definition) is 3. The van der Waals surface area contributed by atoms with Crippen LogP contribution in [0.5, 0.6) is 0 Å². The van der Waals surface area contributed by atoms with E-state index < -0.39 is 0 Å². The molecule has 0 aromatic carbocycles. The molecule has 1 aliphatic carbocycles. The number of nitrogens with zero attached hydrogens (tertiary/aromatic N) is 1. The van der Waals surface area contributed by atoms with Gasteiger partial charge in [-0.15, -0.1) is 0 Å². The molecule has 0 radical (unpaired) electrons. The summed E-state index contributed by atoms with van der Waals surface area (Å²) in [7, 11) is 0. The van der Waals surface area contributed by atoms with E-state index in [9.17, 15) is 4.79 Å². The Morgan fingerprint density at radius 3 is 2.70 bits per heavy atom. The fourth-order valence-corrected chi connectivity index (χ4v) is 3.76. The van der Waals surface area contributed by atoms with Crippen LogP contribution < -0.4 is 5.32 Å². The van der Waals surface area contributed by atoms with E-state index >= 15 is 0 Å². The van der Waals surface area contributed by atoms with E-state index in [-0.39, 0.29) is 23.3 Å². The van der Waals surface area contributed by atoms with Crippen molar-refractivity contribution in [1.29, 1.82) is 0 Å². The van der Waals surface area contributed by atoms with Crippen molar-refractivity contribution in [2.24, 2.45) is 23.2 Å². The van der Waals surface area contributed by atoms with Crippen molar-refractivity contribution >= 4 is 5.91 Å². The SMILES string of the molecule is CC(C)=C[C@@H]1[C@H](C(=O)NC[C@H]2CN(CC(C)C)CCO2)C1(C)C. The van der Waals surface area contributed by atoms with Crippen molar-refractivity contribution in [2.75, 3.05) is 32.8 Å². The Bertz CT molecular complexity index is 452. The first kappa shape index (κ1) is 18.5. The molecule has 2 fully saturated rings. The largest absolute Gasteiger partial charge is 0.374 e. The average Bonchev–Trinajstić information content (AvgIpc) is 2.96. The van der Waals surface area contributed by atoms with E-state index in [4.69, 9.17) is 4.74 Å². The first-order valence-electron chi connectivity index (χ1n) is 8.98. The van der Waals surface area contributed by atoms with Gasteiger partial charge in [0.25, 0.3) is 0 Å². The minimum absolute atomic E-state index is 0.0818. The minimum Gasteiger partial charge on any atom is -0.374 e. The van der Waals surface area contributed by atoms with Crippen molar-refractivity contribution < 1.29 is 9.53 Å². The summed E-state index contributed by atoms with van der Waals surface area (Å²) in [4.78, 5) is 14.9. The molecule has 0 unspecified atom stereocenters. The van der Waals surface area contributed by atoms with Gasteiger partial charge in [-0.25, -0.2) is 0 Å². The molecule has 2 rings (SSSR count). The molecular formula is C19H34N2O2. The molecule has 4 heteroatoms. The zero-order valence-corrected chi connectivity index (χ0v) is 15.7. The summed E-state index contributed by atoms with van der Waals surface area (Å²) in [5, 5.41) is 3.13. The lowest BCUT2D eigenvalue weighted by Crippen LogP contribution is -2.48. The van der Waals surface area contributed by atoms with Gasteiger partial charge in [0.2, 0.25) is 5.91 Å². The molecule has 1 saturated heterocycles. The molecule has 1 saturated carbocycles. The predicted molar refractivity (Wildman–Crippen MR) is 94.2 cm³/mol. The van der Waals surface area contributed by atoms with Gasteiger partial charge in [-0.05, 0) is 31.1 Å². The zero-order valence-electron chi connectivity index (χ0n) is 15.7.